The molecule has 106 valence electrons. The Morgan fingerprint density at radius 1 is 1.47 bits per heavy atom. The van der Waals surface area contributed by atoms with E-state index in [1.807, 2.05) is 0 Å². The van der Waals surface area contributed by atoms with Crippen molar-refractivity contribution in [2.75, 3.05) is 13.6 Å². The quantitative estimate of drug-likeness (QED) is 0.816. The fourth-order valence-electron chi connectivity index (χ4n) is 3.12. The van der Waals surface area contributed by atoms with Gasteiger partial charge >= 0.3 is 0 Å². The highest BCUT2D eigenvalue weighted by atomic mass is 79.9. The number of rotatable bonds is 4. The molecule has 19 heavy (non-hydrogen) atoms. The molecule has 0 saturated heterocycles. The molecule has 0 radical (unpaired) electrons. The lowest BCUT2D eigenvalue weighted by Crippen LogP contribution is -2.38. The van der Waals surface area contributed by atoms with Gasteiger partial charge in [0.05, 0.1) is 3.79 Å². The largest absolute Gasteiger partial charge is 0.301 e. The van der Waals surface area contributed by atoms with Gasteiger partial charge in [0, 0.05) is 25.4 Å². The van der Waals surface area contributed by atoms with E-state index in [9.17, 15) is 4.79 Å². The molecule has 1 heterocycles. The fourth-order valence-corrected chi connectivity index (χ4v) is 4.32. The van der Waals surface area contributed by atoms with Crippen molar-refractivity contribution in [2.24, 2.45) is 17.8 Å². The zero-order valence-electron chi connectivity index (χ0n) is 11.9. The highest BCUT2D eigenvalue weighted by molar-refractivity contribution is 9.11. The lowest BCUT2D eigenvalue weighted by Gasteiger charge is -2.33. The van der Waals surface area contributed by atoms with Crippen LogP contribution in [0, 0.1) is 17.8 Å². The van der Waals surface area contributed by atoms with Crippen molar-refractivity contribution in [3.63, 3.8) is 0 Å². The maximum atomic E-state index is 12.2. The van der Waals surface area contributed by atoms with Crippen LogP contribution in [0.3, 0.4) is 0 Å². The third kappa shape index (κ3) is 4.14. The topological polar surface area (TPSA) is 20.3 Å². The Kier molecular flexibility index (Phi) is 5.21. The molecule has 0 aliphatic heterocycles. The first-order valence-electron chi connectivity index (χ1n) is 6.90. The third-order valence-electron chi connectivity index (χ3n) is 4.01. The smallest absolute Gasteiger partial charge is 0.137 e. The predicted octanol–water partition coefficient (Wildman–Crippen LogP) is 4.19. The summed E-state index contributed by atoms with van der Waals surface area (Å²) in [6.45, 7) is 6.23. The molecule has 4 heteroatoms. The molecule has 0 spiro atoms. The number of thiophene rings is 1. The molecule has 1 aliphatic carbocycles. The van der Waals surface area contributed by atoms with Gasteiger partial charge in [-0.1, -0.05) is 13.8 Å². The Labute approximate surface area is 128 Å². The van der Waals surface area contributed by atoms with Crippen molar-refractivity contribution < 1.29 is 4.79 Å². The van der Waals surface area contributed by atoms with Gasteiger partial charge in [0.2, 0.25) is 0 Å². The van der Waals surface area contributed by atoms with E-state index in [0.717, 1.165) is 19.5 Å². The first kappa shape index (κ1) is 15.2. The second-order valence-electron chi connectivity index (χ2n) is 6.05. The summed E-state index contributed by atoms with van der Waals surface area (Å²) >= 11 is 5.21. The summed E-state index contributed by atoms with van der Waals surface area (Å²) in [4.78, 5) is 14.5. The van der Waals surface area contributed by atoms with Gasteiger partial charge in [-0.2, -0.15) is 0 Å². The summed E-state index contributed by atoms with van der Waals surface area (Å²) in [7, 11) is 2.11. The number of hydrogen-bond donors (Lipinski definition) is 0. The van der Waals surface area contributed by atoms with Gasteiger partial charge in [-0.05, 0) is 58.2 Å². The molecule has 0 N–H and O–H groups in total. The number of halogens is 1. The van der Waals surface area contributed by atoms with Crippen LogP contribution in [0.2, 0.25) is 0 Å². The van der Waals surface area contributed by atoms with Crippen molar-refractivity contribution in [1.82, 2.24) is 4.90 Å². The molecule has 0 aromatic carbocycles. The van der Waals surface area contributed by atoms with Crippen LogP contribution in [0.5, 0.6) is 0 Å². The normalized spacial score (nSPS) is 28.1. The standard InChI is InChI=1S/C15H22BrNOS/c1-10-4-11(2)13(14(18)5-10)8-17(3)7-12-6-15(16)19-9-12/h6,9-11,13H,4-5,7-8H2,1-3H3. The lowest BCUT2D eigenvalue weighted by atomic mass is 9.74. The number of ketones is 1. The second kappa shape index (κ2) is 6.51. The summed E-state index contributed by atoms with van der Waals surface area (Å²) in [5, 5.41) is 2.18. The summed E-state index contributed by atoms with van der Waals surface area (Å²) in [5.74, 6) is 1.78. The Morgan fingerprint density at radius 3 is 2.79 bits per heavy atom. The Balaban J connectivity index is 1.91. The first-order valence-corrected chi connectivity index (χ1v) is 8.57. The van der Waals surface area contributed by atoms with Crippen molar-refractivity contribution in [2.45, 2.75) is 33.2 Å². The molecule has 1 aromatic heterocycles. The lowest BCUT2D eigenvalue weighted by molar-refractivity contribution is -0.128. The van der Waals surface area contributed by atoms with Gasteiger partial charge in [0.1, 0.15) is 5.78 Å². The van der Waals surface area contributed by atoms with Crippen LogP contribution < -0.4 is 0 Å². The van der Waals surface area contributed by atoms with Crippen molar-refractivity contribution in [3.05, 3.63) is 20.8 Å². The van der Waals surface area contributed by atoms with E-state index in [1.54, 1.807) is 11.3 Å². The molecule has 0 amide bonds. The van der Waals surface area contributed by atoms with E-state index in [2.05, 4.69) is 53.2 Å². The zero-order chi connectivity index (χ0) is 14.0. The molecule has 3 unspecified atom stereocenters. The van der Waals surface area contributed by atoms with Crippen LogP contribution in [-0.4, -0.2) is 24.3 Å². The zero-order valence-corrected chi connectivity index (χ0v) is 14.3. The van der Waals surface area contributed by atoms with Crippen molar-refractivity contribution in [1.29, 1.82) is 0 Å². The number of carbonyl (C=O) groups is 1. The summed E-state index contributed by atoms with van der Waals surface area (Å²) in [5.41, 5.74) is 1.32. The molecule has 1 fully saturated rings. The summed E-state index contributed by atoms with van der Waals surface area (Å²) < 4.78 is 1.17. The van der Waals surface area contributed by atoms with Crippen molar-refractivity contribution in [3.8, 4) is 0 Å². The van der Waals surface area contributed by atoms with Gasteiger partial charge in [0.25, 0.3) is 0 Å². The minimum absolute atomic E-state index is 0.225. The Hall–Kier alpha value is -0.190. The monoisotopic (exact) mass is 343 g/mol. The fraction of sp³-hybridized carbons (Fsp3) is 0.667. The number of Topliss-reactive ketones (excluding diaryl/α,β-unsaturated/α-hetero) is 1. The van der Waals surface area contributed by atoms with Crippen LogP contribution in [0.25, 0.3) is 0 Å². The minimum Gasteiger partial charge on any atom is -0.301 e. The molecule has 2 nitrogen and oxygen atoms in total. The average Bonchev–Trinajstić information content (AvgIpc) is 2.69. The van der Waals surface area contributed by atoms with Crippen LogP contribution in [0.15, 0.2) is 15.2 Å². The molecule has 3 atom stereocenters. The number of nitrogens with zero attached hydrogens (tertiary/aromatic N) is 1. The average molecular weight is 344 g/mol. The van der Waals surface area contributed by atoms with Gasteiger partial charge in [0.15, 0.2) is 0 Å². The first-order chi connectivity index (χ1) is 8.95. The highest BCUT2D eigenvalue weighted by Crippen LogP contribution is 2.31. The van der Waals surface area contributed by atoms with E-state index >= 15 is 0 Å². The highest BCUT2D eigenvalue weighted by Gasteiger charge is 2.32. The summed E-state index contributed by atoms with van der Waals surface area (Å²) in [6.07, 6.45) is 1.96. The van der Waals surface area contributed by atoms with Gasteiger partial charge in [-0.3, -0.25) is 4.79 Å². The summed E-state index contributed by atoms with van der Waals surface area (Å²) in [6, 6.07) is 2.16. The maximum absolute atomic E-state index is 12.2. The van der Waals surface area contributed by atoms with E-state index in [-0.39, 0.29) is 5.92 Å². The third-order valence-corrected chi connectivity index (χ3v) is 5.56. The SMILES string of the molecule is CC1CC(=O)C(CN(C)Cc2csc(Br)c2)C(C)C1. The molecular formula is C15H22BrNOS. The van der Waals surface area contributed by atoms with E-state index in [1.165, 1.54) is 15.8 Å². The van der Waals surface area contributed by atoms with Gasteiger partial charge < -0.3 is 4.90 Å². The molecule has 0 bridgehead atoms. The van der Waals surface area contributed by atoms with Crippen LogP contribution in [-0.2, 0) is 11.3 Å². The molecule has 1 aromatic rings. The van der Waals surface area contributed by atoms with E-state index < -0.39 is 0 Å². The number of hydrogen-bond acceptors (Lipinski definition) is 3. The number of carbonyl (C=O) groups excluding carboxylic acids is 1. The maximum Gasteiger partial charge on any atom is 0.137 e. The van der Waals surface area contributed by atoms with Crippen molar-refractivity contribution >= 4 is 33.0 Å². The van der Waals surface area contributed by atoms with E-state index in [0.29, 0.717) is 17.6 Å². The van der Waals surface area contributed by atoms with Gasteiger partial charge in [-0.15, -0.1) is 11.3 Å². The Morgan fingerprint density at radius 2 is 2.21 bits per heavy atom. The van der Waals surface area contributed by atoms with E-state index in [4.69, 9.17) is 0 Å². The molecular weight excluding hydrogens is 322 g/mol. The predicted molar refractivity (Wildman–Crippen MR) is 84.4 cm³/mol. The van der Waals surface area contributed by atoms with Gasteiger partial charge in [-0.25, -0.2) is 0 Å². The molecule has 1 saturated carbocycles. The van der Waals surface area contributed by atoms with Crippen LogP contribution in [0.4, 0.5) is 0 Å². The minimum atomic E-state index is 0.225. The molecule has 1 aliphatic rings. The van der Waals surface area contributed by atoms with Crippen LogP contribution >= 0.6 is 27.3 Å². The van der Waals surface area contributed by atoms with Crippen LogP contribution in [0.1, 0.15) is 32.3 Å². The Bertz CT molecular complexity index is 445. The molecule has 2 rings (SSSR count). The second-order valence-corrected chi connectivity index (χ2v) is 8.34.